The maximum atomic E-state index is 11.3. The second kappa shape index (κ2) is 4.99. The van der Waals surface area contributed by atoms with Gasteiger partial charge in [-0.3, -0.25) is 0 Å². The molecule has 6 heteroatoms. The van der Waals surface area contributed by atoms with Crippen molar-refractivity contribution in [2.75, 3.05) is 7.11 Å². The zero-order chi connectivity index (χ0) is 13.2. The Balaban J connectivity index is 2.30. The molecule has 1 aliphatic heterocycles. The van der Waals surface area contributed by atoms with Crippen LogP contribution in [0.25, 0.3) is 0 Å². The van der Waals surface area contributed by atoms with E-state index in [0.29, 0.717) is 10.6 Å². The Hall–Kier alpha value is -1.53. The van der Waals surface area contributed by atoms with Crippen LogP contribution in [-0.2, 0) is 10.5 Å². The number of alkyl carbamates (subject to hydrolysis) is 1. The van der Waals surface area contributed by atoms with Crippen LogP contribution >= 0.6 is 11.8 Å². The number of carbonyl (C=O) groups excluding carboxylic acids is 1. The Bertz CT molecular complexity index is 477. The molecule has 0 saturated carbocycles. The predicted molar refractivity (Wildman–Crippen MR) is 70.4 cm³/mol. The van der Waals surface area contributed by atoms with Crippen LogP contribution in [0.15, 0.2) is 35.3 Å². The van der Waals surface area contributed by atoms with E-state index < -0.39 is 17.2 Å². The zero-order valence-corrected chi connectivity index (χ0v) is 10.9. The number of thioether (sulfide) groups is 1. The van der Waals surface area contributed by atoms with Crippen LogP contribution in [0.2, 0.25) is 0 Å². The summed E-state index contributed by atoms with van der Waals surface area (Å²) in [5.41, 5.74) is -0.819. The van der Waals surface area contributed by atoms with Gasteiger partial charge in [0.15, 0.2) is 0 Å². The van der Waals surface area contributed by atoms with Crippen molar-refractivity contribution in [3.05, 3.63) is 35.9 Å². The topological polar surface area (TPSA) is 70.9 Å². The van der Waals surface area contributed by atoms with Crippen molar-refractivity contribution in [3.8, 4) is 0 Å². The predicted octanol–water partition coefficient (Wildman–Crippen LogP) is 1.68. The Kier molecular flexibility index (Phi) is 3.58. The van der Waals surface area contributed by atoms with Gasteiger partial charge in [0.1, 0.15) is 5.37 Å². The smallest absolute Gasteiger partial charge is 0.407 e. The number of benzene rings is 1. The van der Waals surface area contributed by atoms with Crippen LogP contribution in [0.4, 0.5) is 4.79 Å². The monoisotopic (exact) mass is 266 g/mol. The number of rotatable bonds is 2. The lowest BCUT2D eigenvalue weighted by molar-refractivity contribution is 0.0372. The van der Waals surface area contributed by atoms with Gasteiger partial charge in [0, 0.05) is 5.56 Å². The van der Waals surface area contributed by atoms with Crippen LogP contribution in [0.1, 0.15) is 12.5 Å². The first-order chi connectivity index (χ1) is 8.56. The number of methoxy groups -OCH3 is 1. The van der Waals surface area contributed by atoms with Crippen LogP contribution in [0.3, 0.4) is 0 Å². The number of carbonyl (C=O) groups is 1. The van der Waals surface area contributed by atoms with Crippen molar-refractivity contribution in [3.63, 3.8) is 0 Å². The number of amides is 1. The number of nitrogens with one attached hydrogen (secondary N) is 1. The number of hydrogen-bond donors (Lipinski definition) is 2. The van der Waals surface area contributed by atoms with Gasteiger partial charge in [0.25, 0.3) is 0 Å². The number of aliphatic imine (C=N–C) groups is 1. The molecule has 2 atom stereocenters. The molecule has 0 aliphatic carbocycles. The van der Waals surface area contributed by atoms with Crippen molar-refractivity contribution in [2.45, 2.75) is 18.0 Å². The molecule has 5 nitrogen and oxygen atoms in total. The molecule has 0 radical (unpaired) electrons. The first-order valence-electron chi connectivity index (χ1n) is 5.42. The highest BCUT2D eigenvalue weighted by molar-refractivity contribution is 8.14. The SMILES string of the molecule is COC(=O)N[C@H]1SC(C)=N[C@]1(O)c1ccccc1. The third-order valence-corrected chi connectivity index (χ3v) is 3.73. The van der Waals surface area contributed by atoms with Gasteiger partial charge in [-0.25, -0.2) is 9.79 Å². The maximum Gasteiger partial charge on any atom is 0.407 e. The highest BCUT2D eigenvalue weighted by Crippen LogP contribution is 2.39. The minimum absolute atomic E-state index is 0.590. The first kappa shape index (κ1) is 12.9. The fourth-order valence-corrected chi connectivity index (χ4v) is 2.81. The Morgan fingerprint density at radius 2 is 2.17 bits per heavy atom. The molecule has 0 spiro atoms. The maximum absolute atomic E-state index is 11.3. The summed E-state index contributed by atoms with van der Waals surface area (Å²) in [6, 6.07) is 9.03. The van der Waals surface area contributed by atoms with E-state index in [1.165, 1.54) is 18.9 Å². The fraction of sp³-hybridized carbons (Fsp3) is 0.333. The van der Waals surface area contributed by atoms with Crippen LogP contribution in [0.5, 0.6) is 0 Å². The van der Waals surface area contributed by atoms with Gasteiger partial charge < -0.3 is 15.2 Å². The summed E-state index contributed by atoms with van der Waals surface area (Å²) in [6.45, 7) is 1.79. The average molecular weight is 266 g/mol. The van der Waals surface area contributed by atoms with Crippen molar-refractivity contribution < 1.29 is 14.6 Å². The lowest BCUT2D eigenvalue weighted by atomic mass is 10.0. The van der Waals surface area contributed by atoms with E-state index in [9.17, 15) is 9.90 Å². The molecule has 0 bridgehead atoms. The Morgan fingerprint density at radius 3 is 2.78 bits per heavy atom. The van der Waals surface area contributed by atoms with Gasteiger partial charge in [0.2, 0.25) is 5.72 Å². The molecular formula is C12H14N2O3S. The second-order valence-electron chi connectivity index (χ2n) is 3.86. The van der Waals surface area contributed by atoms with E-state index in [4.69, 9.17) is 0 Å². The normalized spacial score (nSPS) is 26.6. The molecule has 18 heavy (non-hydrogen) atoms. The summed E-state index contributed by atoms with van der Waals surface area (Å²) in [4.78, 5) is 15.5. The summed E-state index contributed by atoms with van der Waals surface area (Å²) in [6.07, 6.45) is -0.591. The van der Waals surface area contributed by atoms with E-state index in [2.05, 4.69) is 15.0 Å². The molecule has 2 rings (SSSR count). The van der Waals surface area contributed by atoms with Crippen molar-refractivity contribution in [1.29, 1.82) is 0 Å². The van der Waals surface area contributed by atoms with Crippen LogP contribution in [0, 0.1) is 0 Å². The third-order valence-electron chi connectivity index (χ3n) is 2.61. The van der Waals surface area contributed by atoms with Gasteiger partial charge in [-0.15, -0.1) is 0 Å². The summed E-state index contributed by atoms with van der Waals surface area (Å²) >= 11 is 1.30. The summed E-state index contributed by atoms with van der Waals surface area (Å²) < 4.78 is 4.55. The lowest BCUT2D eigenvalue weighted by Crippen LogP contribution is -2.45. The first-order valence-corrected chi connectivity index (χ1v) is 6.29. The Morgan fingerprint density at radius 1 is 1.50 bits per heavy atom. The number of aliphatic hydroxyl groups is 1. The molecule has 1 amide bonds. The highest BCUT2D eigenvalue weighted by atomic mass is 32.2. The minimum atomic E-state index is -1.45. The molecule has 0 fully saturated rings. The lowest BCUT2D eigenvalue weighted by Gasteiger charge is -2.27. The molecule has 1 aromatic rings. The molecule has 0 saturated heterocycles. The third kappa shape index (κ3) is 2.34. The molecule has 1 heterocycles. The van der Waals surface area contributed by atoms with Gasteiger partial charge in [-0.05, 0) is 6.92 Å². The van der Waals surface area contributed by atoms with Crippen LogP contribution < -0.4 is 5.32 Å². The number of nitrogens with zero attached hydrogens (tertiary/aromatic N) is 1. The van der Waals surface area contributed by atoms with E-state index in [-0.39, 0.29) is 0 Å². The van der Waals surface area contributed by atoms with Gasteiger partial charge >= 0.3 is 6.09 Å². The van der Waals surface area contributed by atoms with Crippen molar-refractivity contribution in [2.24, 2.45) is 4.99 Å². The van der Waals surface area contributed by atoms with Gasteiger partial charge in [0.05, 0.1) is 12.2 Å². The quantitative estimate of drug-likeness (QED) is 0.854. The average Bonchev–Trinajstić information content (AvgIpc) is 2.66. The summed E-state index contributed by atoms with van der Waals surface area (Å²) in [5.74, 6) is 0. The number of hydrogen-bond acceptors (Lipinski definition) is 5. The second-order valence-corrected chi connectivity index (χ2v) is 5.15. The van der Waals surface area contributed by atoms with Gasteiger partial charge in [-0.2, -0.15) is 0 Å². The number of ether oxygens (including phenoxy) is 1. The van der Waals surface area contributed by atoms with E-state index in [0.717, 1.165) is 0 Å². The largest absolute Gasteiger partial charge is 0.453 e. The molecule has 2 N–H and O–H groups in total. The Labute approximate surface area is 109 Å². The molecular weight excluding hydrogens is 252 g/mol. The standard InChI is InChI=1S/C12H14N2O3S/c1-8-14-12(16,9-6-4-3-5-7-9)10(18-8)13-11(15)17-2/h3-7,10,16H,1-2H3,(H,13,15)/t10-,12-/m0/s1. The van der Waals surface area contributed by atoms with Crippen molar-refractivity contribution >= 4 is 22.9 Å². The van der Waals surface area contributed by atoms with E-state index in [1.807, 2.05) is 18.2 Å². The summed E-state index contributed by atoms with van der Waals surface area (Å²) in [5, 5.41) is 13.4. The molecule has 0 aromatic heterocycles. The van der Waals surface area contributed by atoms with E-state index in [1.54, 1.807) is 19.1 Å². The van der Waals surface area contributed by atoms with Crippen LogP contribution in [-0.4, -0.2) is 28.7 Å². The molecule has 1 aromatic carbocycles. The van der Waals surface area contributed by atoms with Gasteiger partial charge in [-0.1, -0.05) is 42.1 Å². The molecule has 0 unspecified atom stereocenters. The minimum Gasteiger partial charge on any atom is -0.453 e. The van der Waals surface area contributed by atoms with E-state index >= 15 is 0 Å². The van der Waals surface area contributed by atoms with Crippen molar-refractivity contribution in [1.82, 2.24) is 5.32 Å². The molecule has 1 aliphatic rings. The fourth-order valence-electron chi connectivity index (χ4n) is 1.77. The summed E-state index contributed by atoms with van der Waals surface area (Å²) in [7, 11) is 1.28. The zero-order valence-electron chi connectivity index (χ0n) is 10.1. The molecule has 96 valence electrons. The highest BCUT2D eigenvalue weighted by Gasteiger charge is 2.45.